The number of sulfonamides is 1. The van der Waals surface area contributed by atoms with E-state index in [0.717, 1.165) is 43.4 Å². The molecule has 3 aromatic heterocycles. The van der Waals surface area contributed by atoms with E-state index >= 15 is 0 Å². The van der Waals surface area contributed by atoms with Crippen molar-refractivity contribution in [1.29, 1.82) is 0 Å². The quantitative estimate of drug-likeness (QED) is 0.255. The van der Waals surface area contributed by atoms with Crippen LogP contribution >= 0.6 is 11.3 Å². The van der Waals surface area contributed by atoms with Gasteiger partial charge in [-0.1, -0.05) is 12.8 Å². The number of aromatic nitrogens is 4. The van der Waals surface area contributed by atoms with Crippen molar-refractivity contribution in [2.24, 2.45) is 0 Å². The number of amides is 2. The van der Waals surface area contributed by atoms with E-state index in [9.17, 15) is 18.0 Å². The van der Waals surface area contributed by atoms with Crippen molar-refractivity contribution >= 4 is 39.0 Å². The molecule has 15 heteroatoms. The second-order valence-corrected chi connectivity index (χ2v) is 15.8. The van der Waals surface area contributed by atoms with Crippen molar-refractivity contribution in [3.05, 3.63) is 47.6 Å². The van der Waals surface area contributed by atoms with Gasteiger partial charge >= 0.3 is 6.09 Å². The molecule has 2 unspecified atom stereocenters. The Morgan fingerprint density at radius 1 is 1.09 bits per heavy atom. The lowest BCUT2D eigenvalue weighted by molar-refractivity contribution is 0.00767. The normalized spacial score (nSPS) is 18.0. The molecule has 0 bridgehead atoms. The summed E-state index contributed by atoms with van der Waals surface area (Å²) in [7, 11) is -3.58. The summed E-state index contributed by atoms with van der Waals surface area (Å²) >= 11 is 1.16. The molecule has 1 aliphatic heterocycles. The number of likely N-dealkylation sites (tertiary alicyclic amines) is 1. The van der Waals surface area contributed by atoms with Gasteiger partial charge in [0.05, 0.1) is 46.6 Å². The minimum atomic E-state index is -3.58. The molecule has 254 valence electrons. The van der Waals surface area contributed by atoms with Crippen LogP contribution in [0, 0.1) is 0 Å². The molecule has 47 heavy (non-hydrogen) atoms. The van der Waals surface area contributed by atoms with Gasteiger partial charge in [0.15, 0.2) is 5.01 Å². The van der Waals surface area contributed by atoms with Crippen LogP contribution in [0.3, 0.4) is 0 Å². The van der Waals surface area contributed by atoms with E-state index < -0.39 is 38.9 Å². The number of ether oxygens (including phenoxy) is 2. The van der Waals surface area contributed by atoms with Gasteiger partial charge in [-0.2, -0.15) is 0 Å². The third kappa shape index (κ3) is 9.15. The Kier molecular flexibility index (Phi) is 11.0. The molecule has 1 saturated heterocycles. The summed E-state index contributed by atoms with van der Waals surface area (Å²) in [5, 5.41) is 2.85. The van der Waals surface area contributed by atoms with E-state index in [1.54, 1.807) is 29.4 Å². The van der Waals surface area contributed by atoms with Crippen LogP contribution in [0.25, 0.3) is 10.6 Å². The van der Waals surface area contributed by atoms with E-state index in [1.807, 2.05) is 27.7 Å². The second kappa shape index (κ2) is 14.9. The minimum absolute atomic E-state index is 0.208. The molecule has 4 heterocycles. The summed E-state index contributed by atoms with van der Waals surface area (Å²) in [5.41, 5.74) is 0.710. The molecule has 3 aromatic rings. The summed E-state index contributed by atoms with van der Waals surface area (Å²) in [4.78, 5) is 46.8. The largest absolute Gasteiger partial charge is 0.477 e. The highest BCUT2D eigenvalue weighted by molar-refractivity contribution is 7.93. The molecule has 0 aromatic carbocycles. The topological polar surface area (TPSA) is 166 Å². The standard InChI is InChI=1S/C32H43N7O6S2/c1-5-44-28-20-33-18-26(36-28)27-19-35-30(46-27)29(40)37-25(17-22-10-8-9-15-39(22)31(41)45-32(2,3)4)24-16-21(13-14-34-24)38-47(42,43)23-11-6-7-12-23/h13-14,16,18-20,22-23,25H,5-12,15,17H2,1-4H3,(H,34,38)(H,37,40). The van der Waals surface area contributed by atoms with E-state index in [2.05, 4.69) is 30.0 Å². The molecule has 5 rings (SSSR count). The number of hydrogen-bond acceptors (Lipinski definition) is 11. The van der Waals surface area contributed by atoms with Crippen LogP contribution in [0.4, 0.5) is 10.5 Å². The van der Waals surface area contributed by atoms with Crippen LogP contribution in [0.2, 0.25) is 0 Å². The van der Waals surface area contributed by atoms with Crippen molar-refractivity contribution in [2.45, 2.75) is 102 Å². The van der Waals surface area contributed by atoms with Gasteiger partial charge in [0.2, 0.25) is 15.9 Å². The number of pyridine rings is 1. The first-order chi connectivity index (χ1) is 22.4. The molecule has 2 aliphatic rings. The monoisotopic (exact) mass is 685 g/mol. The number of hydrogen-bond donors (Lipinski definition) is 2. The molecular formula is C32H43N7O6S2. The average molecular weight is 686 g/mol. The predicted octanol–water partition coefficient (Wildman–Crippen LogP) is 5.73. The summed E-state index contributed by atoms with van der Waals surface area (Å²) in [6.07, 6.45) is 11.6. The Morgan fingerprint density at radius 3 is 2.60 bits per heavy atom. The Balaban J connectivity index is 1.41. The van der Waals surface area contributed by atoms with Gasteiger partial charge in [-0.15, -0.1) is 11.3 Å². The molecule has 2 amide bonds. The maximum Gasteiger partial charge on any atom is 0.410 e. The molecule has 1 aliphatic carbocycles. The summed E-state index contributed by atoms with van der Waals surface area (Å²) in [5.74, 6) is -0.0560. The van der Waals surface area contributed by atoms with Crippen molar-refractivity contribution < 1.29 is 27.5 Å². The summed E-state index contributed by atoms with van der Waals surface area (Å²) in [6.45, 7) is 8.32. The number of carbonyl (C=O) groups is 2. The first-order valence-corrected chi connectivity index (χ1v) is 18.5. The Morgan fingerprint density at radius 2 is 1.85 bits per heavy atom. The number of nitrogens with zero attached hydrogens (tertiary/aromatic N) is 5. The van der Waals surface area contributed by atoms with Crippen LogP contribution in [0.1, 0.15) is 101 Å². The van der Waals surface area contributed by atoms with Crippen LogP contribution in [-0.4, -0.2) is 75.3 Å². The van der Waals surface area contributed by atoms with Crippen molar-refractivity contribution in [2.75, 3.05) is 17.9 Å². The second-order valence-electron chi connectivity index (χ2n) is 12.8. The Bertz CT molecular complexity index is 1650. The highest BCUT2D eigenvalue weighted by atomic mass is 32.2. The van der Waals surface area contributed by atoms with Crippen LogP contribution in [0.5, 0.6) is 5.88 Å². The first kappa shape index (κ1) is 34.5. The van der Waals surface area contributed by atoms with Gasteiger partial charge in [0.1, 0.15) is 11.3 Å². The van der Waals surface area contributed by atoms with Gasteiger partial charge in [-0.05, 0) is 78.4 Å². The fourth-order valence-electron chi connectivity index (χ4n) is 5.88. The third-order valence-electron chi connectivity index (χ3n) is 8.06. The SMILES string of the molecule is CCOc1cncc(-c2cnc(C(=O)NC(CC3CCCCN3C(=O)OC(C)(C)C)c3cc(NS(=O)(=O)C4CCCC4)ccn3)s2)n1. The highest BCUT2D eigenvalue weighted by Gasteiger charge is 2.34. The van der Waals surface area contributed by atoms with Crippen molar-refractivity contribution in [3.8, 4) is 16.5 Å². The average Bonchev–Trinajstić information content (AvgIpc) is 3.75. The van der Waals surface area contributed by atoms with Crippen LogP contribution < -0.4 is 14.8 Å². The molecule has 2 atom stereocenters. The molecule has 2 fully saturated rings. The van der Waals surface area contributed by atoms with Crippen molar-refractivity contribution in [3.63, 3.8) is 0 Å². The van der Waals surface area contributed by atoms with Gasteiger partial charge < -0.3 is 19.7 Å². The van der Waals surface area contributed by atoms with Crippen LogP contribution in [-0.2, 0) is 14.8 Å². The zero-order valence-corrected chi connectivity index (χ0v) is 28.9. The summed E-state index contributed by atoms with van der Waals surface area (Å²) < 4.78 is 40.1. The fourth-order valence-corrected chi connectivity index (χ4v) is 8.23. The highest BCUT2D eigenvalue weighted by Crippen LogP contribution is 2.31. The Labute approximate surface area is 280 Å². The lowest BCUT2D eigenvalue weighted by Crippen LogP contribution is -2.47. The molecule has 0 radical (unpaired) electrons. The predicted molar refractivity (Wildman–Crippen MR) is 179 cm³/mol. The van der Waals surface area contributed by atoms with E-state index in [0.29, 0.717) is 60.2 Å². The van der Waals surface area contributed by atoms with Gasteiger partial charge in [0.25, 0.3) is 5.91 Å². The van der Waals surface area contributed by atoms with Gasteiger partial charge in [-0.3, -0.25) is 19.5 Å². The maximum atomic E-state index is 13.7. The van der Waals surface area contributed by atoms with E-state index in [-0.39, 0.29) is 11.0 Å². The molecule has 0 spiro atoms. The minimum Gasteiger partial charge on any atom is -0.477 e. The lowest BCUT2D eigenvalue weighted by atomic mass is 9.94. The molecule has 1 saturated carbocycles. The van der Waals surface area contributed by atoms with E-state index in [1.165, 1.54) is 12.4 Å². The van der Waals surface area contributed by atoms with E-state index in [4.69, 9.17) is 9.47 Å². The molecule has 2 N–H and O–H groups in total. The number of rotatable bonds is 11. The zero-order valence-electron chi connectivity index (χ0n) is 27.3. The van der Waals surface area contributed by atoms with Crippen LogP contribution in [0.15, 0.2) is 36.9 Å². The Hall–Kier alpha value is -3.85. The van der Waals surface area contributed by atoms with Gasteiger partial charge in [0, 0.05) is 25.0 Å². The fraction of sp³-hybridized carbons (Fsp3) is 0.562. The first-order valence-electron chi connectivity index (χ1n) is 16.1. The van der Waals surface area contributed by atoms with Crippen molar-refractivity contribution in [1.82, 2.24) is 30.2 Å². The number of nitrogens with one attached hydrogen (secondary N) is 2. The van der Waals surface area contributed by atoms with Gasteiger partial charge in [-0.25, -0.2) is 23.2 Å². The number of anilines is 1. The third-order valence-corrected chi connectivity index (χ3v) is 11.0. The maximum absolute atomic E-state index is 13.7. The lowest BCUT2D eigenvalue weighted by Gasteiger charge is -2.38. The number of piperidine rings is 1. The molecular weight excluding hydrogens is 643 g/mol. The smallest absolute Gasteiger partial charge is 0.410 e. The number of thiazole rings is 1. The number of carbonyl (C=O) groups excluding carboxylic acids is 2. The molecule has 13 nitrogen and oxygen atoms in total. The zero-order chi connectivity index (χ0) is 33.6. The summed E-state index contributed by atoms with van der Waals surface area (Å²) in [6, 6.07) is 2.35.